The summed E-state index contributed by atoms with van der Waals surface area (Å²) in [6.07, 6.45) is 0. The lowest BCUT2D eigenvalue weighted by molar-refractivity contribution is 0.102. The molecule has 3 nitrogen and oxygen atoms in total. The maximum absolute atomic E-state index is 12.5. The lowest BCUT2D eigenvalue weighted by Gasteiger charge is -2.11. The molecule has 0 spiro atoms. The van der Waals surface area contributed by atoms with Gasteiger partial charge in [-0.25, -0.2) is 0 Å². The minimum Gasteiger partial charge on any atom is -0.457 e. The zero-order chi connectivity index (χ0) is 16.1. The summed E-state index contributed by atoms with van der Waals surface area (Å²) in [5, 5.41) is 3.46. The molecular formula is C19H14ClNO2. The van der Waals surface area contributed by atoms with Crippen molar-refractivity contribution < 1.29 is 9.53 Å². The lowest BCUT2D eigenvalue weighted by Crippen LogP contribution is -2.12. The predicted octanol–water partition coefficient (Wildman–Crippen LogP) is 5.38. The van der Waals surface area contributed by atoms with Crippen molar-refractivity contribution in [1.29, 1.82) is 0 Å². The Morgan fingerprint density at radius 3 is 2.22 bits per heavy atom. The Morgan fingerprint density at radius 1 is 0.826 bits per heavy atom. The summed E-state index contributed by atoms with van der Waals surface area (Å²) in [6.45, 7) is 0. The molecule has 0 saturated heterocycles. The van der Waals surface area contributed by atoms with Crippen molar-refractivity contribution in [2.75, 3.05) is 5.32 Å². The zero-order valence-electron chi connectivity index (χ0n) is 12.2. The van der Waals surface area contributed by atoms with Gasteiger partial charge in [-0.2, -0.15) is 0 Å². The van der Waals surface area contributed by atoms with Crippen molar-refractivity contribution in [1.82, 2.24) is 0 Å². The Kier molecular flexibility index (Phi) is 4.60. The summed E-state index contributed by atoms with van der Waals surface area (Å²) in [5.41, 5.74) is 1.14. The van der Waals surface area contributed by atoms with Crippen LogP contribution >= 0.6 is 11.6 Å². The van der Waals surface area contributed by atoms with Gasteiger partial charge in [-0.15, -0.1) is 0 Å². The Balaban J connectivity index is 1.82. The van der Waals surface area contributed by atoms with E-state index in [2.05, 4.69) is 5.32 Å². The molecule has 3 rings (SSSR count). The standard InChI is InChI=1S/C19H14ClNO2/c20-14-10-12-15(13-11-14)21-19(22)17-8-4-5-9-18(17)23-16-6-2-1-3-7-16/h1-13H,(H,21,22). The molecule has 0 radical (unpaired) electrons. The zero-order valence-corrected chi connectivity index (χ0v) is 13.0. The monoisotopic (exact) mass is 323 g/mol. The highest BCUT2D eigenvalue weighted by atomic mass is 35.5. The minimum absolute atomic E-state index is 0.237. The van der Waals surface area contributed by atoms with E-state index >= 15 is 0 Å². The van der Waals surface area contributed by atoms with Gasteiger partial charge in [0, 0.05) is 10.7 Å². The number of ether oxygens (including phenoxy) is 1. The highest BCUT2D eigenvalue weighted by molar-refractivity contribution is 6.30. The summed E-state index contributed by atoms with van der Waals surface area (Å²) in [7, 11) is 0. The van der Waals surface area contributed by atoms with Gasteiger partial charge in [-0.1, -0.05) is 41.9 Å². The van der Waals surface area contributed by atoms with Crippen molar-refractivity contribution in [3.8, 4) is 11.5 Å². The van der Waals surface area contributed by atoms with Crippen molar-refractivity contribution >= 4 is 23.2 Å². The van der Waals surface area contributed by atoms with E-state index in [1.165, 1.54) is 0 Å². The average Bonchev–Trinajstić information content (AvgIpc) is 2.58. The number of carbonyl (C=O) groups excluding carboxylic acids is 1. The summed E-state index contributed by atoms with van der Waals surface area (Å²) in [4.78, 5) is 12.5. The van der Waals surface area contributed by atoms with Gasteiger partial charge in [-0.05, 0) is 48.5 Å². The molecule has 3 aromatic rings. The summed E-state index contributed by atoms with van der Waals surface area (Å²) in [6, 6.07) is 23.4. The maximum Gasteiger partial charge on any atom is 0.259 e. The largest absolute Gasteiger partial charge is 0.457 e. The van der Waals surface area contributed by atoms with E-state index in [0.717, 1.165) is 0 Å². The molecule has 1 N–H and O–H groups in total. The number of para-hydroxylation sites is 2. The van der Waals surface area contributed by atoms with E-state index in [9.17, 15) is 4.79 Å². The molecule has 0 aromatic heterocycles. The predicted molar refractivity (Wildman–Crippen MR) is 92.4 cm³/mol. The van der Waals surface area contributed by atoms with Crippen LogP contribution in [0.5, 0.6) is 11.5 Å². The highest BCUT2D eigenvalue weighted by Gasteiger charge is 2.13. The number of rotatable bonds is 4. The van der Waals surface area contributed by atoms with Gasteiger partial charge >= 0.3 is 0 Å². The number of hydrogen-bond acceptors (Lipinski definition) is 2. The fraction of sp³-hybridized carbons (Fsp3) is 0. The number of hydrogen-bond donors (Lipinski definition) is 1. The van der Waals surface area contributed by atoms with Crippen LogP contribution in [0.3, 0.4) is 0 Å². The third-order valence-electron chi connectivity index (χ3n) is 3.20. The van der Waals surface area contributed by atoms with Crippen LogP contribution in [0.4, 0.5) is 5.69 Å². The van der Waals surface area contributed by atoms with E-state index in [-0.39, 0.29) is 5.91 Å². The molecule has 0 fully saturated rings. The Bertz CT molecular complexity index is 801. The third kappa shape index (κ3) is 3.90. The first-order valence-corrected chi connectivity index (χ1v) is 7.49. The molecule has 114 valence electrons. The maximum atomic E-state index is 12.5. The number of amides is 1. The highest BCUT2D eigenvalue weighted by Crippen LogP contribution is 2.26. The molecule has 0 aliphatic rings. The third-order valence-corrected chi connectivity index (χ3v) is 3.46. The fourth-order valence-corrected chi connectivity index (χ4v) is 2.22. The van der Waals surface area contributed by atoms with Gasteiger partial charge in [0.15, 0.2) is 0 Å². The second-order valence-corrected chi connectivity index (χ2v) is 5.31. The second-order valence-electron chi connectivity index (χ2n) is 4.87. The molecule has 0 heterocycles. The van der Waals surface area contributed by atoms with Gasteiger partial charge < -0.3 is 10.1 Å². The summed E-state index contributed by atoms with van der Waals surface area (Å²) in [5.74, 6) is 0.947. The van der Waals surface area contributed by atoms with Crippen LogP contribution in [-0.4, -0.2) is 5.91 Å². The fourth-order valence-electron chi connectivity index (χ4n) is 2.09. The van der Waals surface area contributed by atoms with E-state index in [1.807, 2.05) is 36.4 Å². The van der Waals surface area contributed by atoms with Crippen LogP contribution in [0.25, 0.3) is 0 Å². The van der Waals surface area contributed by atoms with E-state index in [0.29, 0.717) is 27.8 Å². The van der Waals surface area contributed by atoms with Gasteiger partial charge in [0.2, 0.25) is 0 Å². The molecule has 0 atom stereocenters. The van der Waals surface area contributed by atoms with Crippen LogP contribution in [-0.2, 0) is 0 Å². The molecule has 23 heavy (non-hydrogen) atoms. The molecule has 4 heteroatoms. The smallest absolute Gasteiger partial charge is 0.259 e. The van der Waals surface area contributed by atoms with E-state index < -0.39 is 0 Å². The van der Waals surface area contributed by atoms with E-state index in [1.54, 1.807) is 42.5 Å². The molecule has 0 aliphatic heterocycles. The van der Waals surface area contributed by atoms with Crippen molar-refractivity contribution in [3.05, 3.63) is 89.4 Å². The molecule has 0 bridgehead atoms. The van der Waals surface area contributed by atoms with Crippen LogP contribution in [0, 0.1) is 0 Å². The topological polar surface area (TPSA) is 38.3 Å². The molecule has 0 saturated carbocycles. The Morgan fingerprint density at radius 2 is 1.48 bits per heavy atom. The number of nitrogens with one attached hydrogen (secondary N) is 1. The summed E-state index contributed by atoms with van der Waals surface area (Å²) < 4.78 is 5.81. The minimum atomic E-state index is -0.237. The van der Waals surface area contributed by atoms with Gasteiger partial charge in [0.05, 0.1) is 5.56 Å². The van der Waals surface area contributed by atoms with Crippen LogP contribution in [0.2, 0.25) is 5.02 Å². The number of benzene rings is 3. The lowest BCUT2D eigenvalue weighted by atomic mass is 10.2. The number of halogens is 1. The molecular weight excluding hydrogens is 310 g/mol. The van der Waals surface area contributed by atoms with Crippen LogP contribution in [0.15, 0.2) is 78.9 Å². The Hall–Kier alpha value is -2.78. The van der Waals surface area contributed by atoms with Gasteiger partial charge in [-0.3, -0.25) is 4.79 Å². The second kappa shape index (κ2) is 6.99. The SMILES string of the molecule is O=C(Nc1ccc(Cl)cc1)c1ccccc1Oc1ccccc1. The molecule has 0 unspecified atom stereocenters. The number of anilines is 1. The van der Waals surface area contributed by atoms with Crippen molar-refractivity contribution in [2.24, 2.45) is 0 Å². The molecule has 3 aromatic carbocycles. The first-order chi connectivity index (χ1) is 11.2. The first kappa shape index (κ1) is 15.1. The van der Waals surface area contributed by atoms with Crippen LogP contribution in [0.1, 0.15) is 10.4 Å². The van der Waals surface area contributed by atoms with Crippen molar-refractivity contribution in [2.45, 2.75) is 0 Å². The summed E-state index contributed by atoms with van der Waals surface area (Å²) >= 11 is 5.85. The van der Waals surface area contributed by atoms with Crippen LogP contribution < -0.4 is 10.1 Å². The van der Waals surface area contributed by atoms with Gasteiger partial charge in [0.25, 0.3) is 5.91 Å². The average molecular weight is 324 g/mol. The van der Waals surface area contributed by atoms with Crippen molar-refractivity contribution in [3.63, 3.8) is 0 Å². The Labute approximate surface area is 139 Å². The molecule has 1 amide bonds. The van der Waals surface area contributed by atoms with Gasteiger partial charge in [0.1, 0.15) is 11.5 Å². The first-order valence-electron chi connectivity index (χ1n) is 7.11. The molecule has 0 aliphatic carbocycles. The van der Waals surface area contributed by atoms with E-state index in [4.69, 9.17) is 16.3 Å². The normalized spacial score (nSPS) is 10.1. The number of carbonyl (C=O) groups is 1. The quantitative estimate of drug-likeness (QED) is 0.699.